The molecule has 0 saturated carbocycles. The SMILES string of the molecule is CCCCCCCCCCCC1Nc2ccccc2N1S(=O)(=O)[O-].[Na+]. The molecule has 0 bridgehead atoms. The van der Waals surface area contributed by atoms with E-state index in [0.29, 0.717) is 12.1 Å². The van der Waals surface area contributed by atoms with E-state index in [2.05, 4.69) is 12.2 Å². The van der Waals surface area contributed by atoms with Crippen LogP contribution in [0.15, 0.2) is 24.3 Å². The topological polar surface area (TPSA) is 72.5 Å². The van der Waals surface area contributed by atoms with Crippen LogP contribution in [-0.4, -0.2) is 19.1 Å². The van der Waals surface area contributed by atoms with E-state index in [0.717, 1.165) is 22.8 Å². The summed E-state index contributed by atoms with van der Waals surface area (Å²) >= 11 is 0. The Hall–Kier alpha value is -0.270. The van der Waals surface area contributed by atoms with Crippen molar-refractivity contribution in [1.82, 2.24) is 0 Å². The van der Waals surface area contributed by atoms with Crippen LogP contribution in [-0.2, 0) is 10.3 Å². The first-order chi connectivity index (χ1) is 11.5. The smallest absolute Gasteiger partial charge is 0.731 e. The second-order valence-corrected chi connectivity index (χ2v) is 7.80. The van der Waals surface area contributed by atoms with Crippen LogP contribution in [0.25, 0.3) is 0 Å². The van der Waals surface area contributed by atoms with Crippen LogP contribution in [0.1, 0.15) is 71.1 Å². The average Bonchev–Trinajstić information content (AvgIpc) is 2.91. The molecule has 1 aromatic rings. The number of benzene rings is 1. The summed E-state index contributed by atoms with van der Waals surface area (Å²) in [6, 6.07) is 7.07. The predicted octanol–water partition coefficient (Wildman–Crippen LogP) is 1.63. The van der Waals surface area contributed by atoms with E-state index in [1.807, 2.05) is 12.1 Å². The van der Waals surface area contributed by atoms with Gasteiger partial charge in [-0.05, 0) is 25.0 Å². The first kappa shape index (κ1) is 22.8. The minimum atomic E-state index is -4.50. The molecule has 0 radical (unpaired) electrons. The molecule has 0 aromatic heterocycles. The molecule has 2 rings (SSSR count). The Morgan fingerprint density at radius 1 is 1.00 bits per heavy atom. The number of rotatable bonds is 11. The van der Waals surface area contributed by atoms with Gasteiger partial charge in [0.1, 0.15) is 6.17 Å². The number of hydrogen-bond donors (Lipinski definition) is 1. The van der Waals surface area contributed by atoms with Crippen molar-refractivity contribution in [2.45, 2.75) is 77.3 Å². The van der Waals surface area contributed by atoms with Crippen LogP contribution in [0.5, 0.6) is 0 Å². The fourth-order valence-corrected chi connectivity index (χ4v) is 4.18. The van der Waals surface area contributed by atoms with Gasteiger partial charge in [-0.2, -0.15) is 0 Å². The molecule has 0 aliphatic carbocycles. The Balaban J connectivity index is 0.00000312. The third-order valence-electron chi connectivity index (χ3n) is 4.57. The van der Waals surface area contributed by atoms with Crippen molar-refractivity contribution in [1.29, 1.82) is 0 Å². The van der Waals surface area contributed by atoms with E-state index in [1.165, 1.54) is 44.9 Å². The van der Waals surface area contributed by atoms with Gasteiger partial charge in [0.2, 0.25) is 0 Å². The minimum Gasteiger partial charge on any atom is -0.731 e. The maximum atomic E-state index is 11.6. The van der Waals surface area contributed by atoms with Crippen LogP contribution in [0, 0.1) is 0 Å². The summed E-state index contributed by atoms with van der Waals surface area (Å²) in [4.78, 5) is 0. The van der Waals surface area contributed by atoms with Gasteiger partial charge in [0, 0.05) is 0 Å². The van der Waals surface area contributed by atoms with Crippen LogP contribution >= 0.6 is 0 Å². The van der Waals surface area contributed by atoms with E-state index in [9.17, 15) is 13.0 Å². The Morgan fingerprint density at radius 3 is 2.16 bits per heavy atom. The van der Waals surface area contributed by atoms with Gasteiger partial charge < -0.3 is 9.87 Å². The van der Waals surface area contributed by atoms with Gasteiger partial charge in [-0.3, -0.25) is 4.31 Å². The number of hydrogen-bond acceptors (Lipinski definition) is 4. The summed E-state index contributed by atoms with van der Waals surface area (Å²) < 4.78 is 35.8. The second kappa shape index (κ2) is 11.4. The molecule has 1 aliphatic rings. The van der Waals surface area contributed by atoms with Crippen LogP contribution in [0.3, 0.4) is 0 Å². The number of anilines is 2. The molecular formula is C18H29N2NaO3S. The molecule has 7 heteroatoms. The summed E-state index contributed by atoms with van der Waals surface area (Å²) in [7, 11) is -4.50. The molecule has 1 atom stereocenters. The van der Waals surface area contributed by atoms with Gasteiger partial charge in [0.05, 0.1) is 11.4 Å². The van der Waals surface area contributed by atoms with Crippen LogP contribution < -0.4 is 39.2 Å². The number of nitrogens with zero attached hydrogens (tertiary/aromatic N) is 1. The van der Waals surface area contributed by atoms with Crippen molar-refractivity contribution < 1.29 is 42.5 Å². The summed E-state index contributed by atoms with van der Waals surface area (Å²) in [5, 5.41) is 3.16. The first-order valence-corrected chi connectivity index (χ1v) is 10.5. The maximum Gasteiger partial charge on any atom is 1.00 e. The Morgan fingerprint density at radius 2 is 1.56 bits per heavy atom. The summed E-state index contributed by atoms with van der Waals surface area (Å²) in [5.41, 5.74) is 1.19. The Bertz CT molecular complexity index is 610. The number of nitrogens with one attached hydrogen (secondary N) is 1. The third-order valence-corrected chi connectivity index (χ3v) is 5.50. The van der Waals surface area contributed by atoms with E-state index >= 15 is 0 Å². The van der Waals surface area contributed by atoms with E-state index in [4.69, 9.17) is 0 Å². The second-order valence-electron chi connectivity index (χ2n) is 6.55. The standard InChI is InChI=1S/C18H30N2O3S.Na/c1-2-3-4-5-6-7-8-9-10-15-18-19-16-13-11-12-14-17(16)20(18)24(21,22)23;/h11-14,18-19H,2-10,15H2,1H3,(H,21,22,23);/q;+1/p-1. The van der Waals surface area contributed by atoms with Gasteiger partial charge in [-0.25, -0.2) is 8.42 Å². The summed E-state index contributed by atoms with van der Waals surface area (Å²) in [6.45, 7) is 2.22. The fourth-order valence-electron chi connectivity index (χ4n) is 3.31. The van der Waals surface area contributed by atoms with E-state index in [1.54, 1.807) is 12.1 Å². The van der Waals surface area contributed by atoms with Crippen molar-refractivity contribution in [3.8, 4) is 0 Å². The van der Waals surface area contributed by atoms with E-state index in [-0.39, 0.29) is 29.6 Å². The molecule has 1 aliphatic heterocycles. The Kier molecular flexibility index (Phi) is 10.4. The number of fused-ring (bicyclic) bond motifs is 1. The normalized spacial score (nSPS) is 16.2. The van der Waals surface area contributed by atoms with Gasteiger partial charge in [-0.15, -0.1) is 0 Å². The summed E-state index contributed by atoms with van der Waals surface area (Å²) in [5.74, 6) is 0. The van der Waals surface area contributed by atoms with Crippen molar-refractivity contribution >= 4 is 21.7 Å². The fraction of sp³-hybridized carbons (Fsp3) is 0.667. The minimum absolute atomic E-state index is 0. The van der Waals surface area contributed by atoms with Gasteiger partial charge in [-0.1, -0.05) is 70.4 Å². The first-order valence-electron chi connectivity index (χ1n) is 9.15. The molecule has 0 amide bonds. The maximum absolute atomic E-state index is 11.6. The third kappa shape index (κ3) is 7.10. The molecule has 1 heterocycles. The number of unbranched alkanes of at least 4 members (excludes halogenated alkanes) is 8. The molecule has 5 nitrogen and oxygen atoms in total. The molecule has 1 N–H and O–H groups in total. The number of para-hydroxylation sites is 2. The van der Waals surface area contributed by atoms with Crippen molar-refractivity contribution in [3.05, 3.63) is 24.3 Å². The van der Waals surface area contributed by atoms with Crippen molar-refractivity contribution in [3.63, 3.8) is 0 Å². The van der Waals surface area contributed by atoms with Gasteiger partial charge in [0.15, 0.2) is 10.3 Å². The monoisotopic (exact) mass is 376 g/mol. The van der Waals surface area contributed by atoms with Gasteiger partial charge >= 0.3 is 29.6 Å². The molecule has 1 aromatic carbocycles. The molecule has 1 unspecified atom stereocenters. The zero-order valence-electron chi connectivity index (χ0n) is 15.5. The zero-order chi connectivity index (χ0) is 17.4. The van der Waals surface area contributed by atoms with Crippen molar-refractivity contribution in [2.75, 3.05) is 9.62 Å². The van der Waals surface area contributed by atoms with E-state index < -0.39 is 16.5 Å². The zero-order valence-corrected chi connectivity index (χ0v) is 18.4. The molecule has 25 heavy (non-hydrogen) atoms. The molecule has 0 spiro atoms. The average molecular weight is 376 g/mol. The van der Waals surface area contributed by atoms with Gasteiger partial charge in [0.25, 0.3) is 0 Å². The van der Waals surface area contributed by atoms with Crippen LogP contribution in [0.4, 0.5) is 11.4 Å². The largest absolute Gasteiger partial charge is 1.00 e. The quantitative estimate of drug-likeness (QED) is 0.362. The molecule has 0 fully saturated rings. The summed E-state index contributed by atoms with van der Waals surface area (Å²) in [6.07, 6.45) is 11.2. The van der Waals surface area contributed by atoms with Crippen LogP contribution in [0.2, 0.25) is 0 Å². The van der Waals surface area contributed by atoms with Crippen molar-refractivity contribution in [2.24, 2.45) is 0 Å². The molecule has 136 valence electrons. The molecule has 0 saturated heterocycles. The predicted molar refractivity (Wildman–Crippen MR) is 97.9 cm³/mol. The Labute approximate surface area is 174 Å². The molecular weight excluding hydrogens is 347 g/mol.